The van der Waals surface area contributed by atoms with Gasteiger partial charge in [-0.05, 0) is 26.7 Å². The summed E-state index contributed by atoms with van der Waals surface area (Å²) in [4.78, 5) is 12.2. The molecular weight excluding hydrogens is 216 g/mol. The maximum Gasteiger partial charge on any atom is 0.244 e. The number of nitriles is 1. The highest BCUT2D eigenvalue weighted by Gasteiger charge is 2.35. The average Bonchev–Trinajstić information content (AvgIpc) is 2.64. The fourth-order valence-electron chi connectivity index (χ4n) is 1.75. The standard InChI is InChI=1S/C12H18N4O/c1-5-12(6-2,7-13)11(17)14-10-8(3)15-16-9(10)4/h5-6H2,1-4H3,(H,14,17)(H,15,16). The predicted molar refractivity (Wildman–Crippen MR) is 65.3 cm³/mol. The number of amides is 1. The Labute approximate surface area is 101 Å². The number of aromatic nitrogens is 2. The first-order valence-electron chi connectivity index (χ1n) is 5.75. The van der Waals surface area contributed by atoms with Gasteiger partial charge in [0, 0.05) is 0 Å². The number of nitrogens with one attached hydrogen (secondary N) is 2. The lowest BCUT2D eigenvalue weighted by molar-refractivity contribution is -0.123. The molecule has 1 heterocycles. The Morgan fingerprint density at radius 3 is 2.41 bits per heavy atom. The fraction of sp³-hybridized carbons (Fsp3) is 0.583. The Balaban J connectivity index is 2.97. The number of aromatic amines is 1. The molecule has 1 amide bonds. The smallest absolute Gasteiger partial charge is 0.244 e. The first kappa shape index (κ1) is 13.2. The van der Waals surface area contributed by atoms with Gasteiger partial charge in [-0.2, -0.15) is 10.4 Å². The molecule has 0 saturated heterocycles. The zero-order chi connectivity index (χ0) is 13.1. The minimum atomic E-state index is -0.948. The summed E-state index contributed by atoms with van der Waals surface area (Å²) in [5.41, 5.74) is 1.26. The van der Waals surface area contributed by atoms with Gasteiger partial charge in [0.05, 0.1) is 23.1 Å². The number of hydrogen-bond acceptors (Lipinski definition) is 3. The molecule has 0 bridgehead atoms. The zero-order valence-electron chi connectivity index (χ0n) is 10.7. The van der Waals surface area contributed by atoms with E-state index in [9.17, 15) is 10.1 Å². The van der Waals surface area contributed by atoms with Crippen LogP contribution < -0.4 is 5.32 Å². The van der Waals surface area contributed by atoms with E-state index in [1.54, 1.807) is 0 Å². The van der Waals surface area contributed by atoms with Crippen molar-refractivity contribution < 1.29 is 4.79 Å². The van der Waals surface area contributed by atoms with Gasteiger partial charge in [-0.1, -0.05) is 13.8 Å². The lowest BCUT2D eigenvalue weighted by Gasteiger charge is -2.22. The SMILES string of the molecule is CCC(C#N)(CC)C(=O)Nc1c(C)n[nH]c1C. The van der Waals surface area contributed by atoms with E-state index in [2.05, 4.69) is 21.6 Å². The summed E-state index contributed by atoms with van der Waals surface area (Å²) in [6.07, 6.45) is 1.00. The van der Waals surface area contributed by atoms with Gasteiger partial charge in [0.2, 0.25) is 5.91 Å². The third kappa shape index (κ3) is 2.31. The van der Waals surface area contributed by atoms with Crippen molar-refractivity contribution >= 4 is 11.6 Å². The number of nitrogens with zero attached hydrogens (tertiary/aromatic N) is 2. The van der Waals surface area contributed by atoms with Crippen LogP contribution in [0.15, 0.2) is 0 Å². The molecule has 0 radical (unpaired) electrons. The first-order chi connectivity index (χ1) is 8.00. The van der Waals surface area contributed by atoms with Crippen LogP contribution in [0.1, 0.15) is 38.1 Å². The molecule has 0 spiro atoms. The number of rotatable bonds is 4. The maximum absolute atomic E-state index is 12.2. The summed E-state index contributed by atoms with van der Waals surface area (Å²) < 4.78 is 0. The molecule has 0 aliphatic heterocycles. The van der Waals surface area contributed by atoms with E-state index in [-0.39, 0.29) is 5.91 Å². The molecular formula is C12H18N4O. The monoisotopic (exact) mass is 234 g/mol. The van der Waals surface area contributed by atoms with Gasteiger partial charge >= 0.3 is 0 Å². The summed E-state index contributed by atoms with van der Waals surface area (Å²) in [5.74, 6) is -0.252. The number of carbonyl (C=O) groups excluding carboxylic acids is 1. The van der Waals surface area contributed by atoms with Crippen LogP contribution in [0.2, 0.25) is 0 Å². The molecule has 0 atom stereocenters. The molecule has 0 saturated carbocycles. The summed E-state index contributed by atoms with van der Waals surface area (Å²) >= 11 is 0. The van der Waals surface area contributed by atoms with E-state index in [1.165, 1.54) is 0 Å². The second-order valence-electron chi connectivity index (χ2n) is 4.16. The molecule has 2 N–H and O–H groups in total. The highest BCUT2D eigenvalue weighted by Crippen LogP contribution is 2.28. The van der Waals surface area contributed by atoms with Gasteiger partial charge in [0.1, 0.15) is 5.41 Å². The van der Waals surface area contributed by atoms with E-state index in [4.69, 9.17) is 0 Å². The van der Waals surface area contributed by atoms with Crippen LogP contribution in [0.25, 0.3) is 0 Å². The Hall–Kier alpha value is -1.83. The average molecular weight is 234 g/mol. The Morgan fingerprint density at radius 1 is 1.47 bits per heavy atom. The lowest BCUT2D eigenvalue weighted by atomic mass is 9.83. The van der Waals surface area contributed by atoms with Crippen molar-refractivity contribution in [2.45, 2.75) is 40.5 Å². The lowest BCUT2D eigenvalue weighted by Crippen LogP contribution is -2.34. The normalized spacial score (nSPS) is 11.0. The number of hydrogen-bond donors (Lipinski definition) is 2. The van der Waals surface area contributed by atoms with E-state index >= 15 is 0 Å². The van der Waals surface area contributed by atoms with Gasteiger partial charge in [0.15, 0.2) is 0 Å². The van der Waals surface area contributed by atoms with Gasteiger partial charge in [0.25, 0.3) is 0 Å². The molecule has 5 heteroatoms. The predicted octanol–water partition coefficient (Wildman–Crippen LogP) is 2.30. The highest BCUT2D eigenvalue weighted by molar-refractivity contribution is 5.97. The minimum Gasteiger partial charge on any atom is -0.322 e. The minimum absolute atomic E-state index is 0.252. The third-order valence-electron chi connectivity index (χ3n) is 3.22. The van der Waals surface area contributed by atoms with Crippen molar-refractivity contribution in [2.75, 3.05) is 5.32 Å². The Bertz CT molecular complexity index is 432. The van der Waals surface area contributed by atoms with Crippen molar-refractivity contribution in [1.82, 2.24) is 10.2 Å². The number of anilines is 1. The molecule has 5 nitrogen and oxygen atoms in total. The number of H-pyrrole nitrogens is 1. The first-order valence-corrected chi connectivity index (χ1v) is 5.75. The molecule has 0 unspecified atom stereocenters. The van der Waals surface area contributed by atoms with E-state index in [0.29, 0.717) is 18.5 Å². The van der Waals surface area contributed by atoms with Crippen molar-refractivity contribution in [3.8, 4) is 6.07 Å². The van der Waals surface area contributed by atoms with Crippen LogP contribution in [0, 0.1) is 30.6 Å². The van der Waals surface area contributed by atoms with Crippen LogP contribution in [0.3, 0.4) is 0 Å². The van der Waals surface area contributed by atoms with Crippen LogP contribution in [0.5, 0.6) is 0 Å². The summed E-state index contributed by atoms with van der Waals surface area (Å²) in [6, 6.07) is 2.12. The molecule has 0 aliphatic rings. The molecule has 1 aromatic rings. The van der Waals surface area contributed by atoms with Gasteiger partial charge in [-0.3, -0.25) is 9.89 Å². The van der Waals surface area contributed by atoms with Crippen LogP contribution >= 0.6 is 0 Å². The third-order valence-corrected chi connectivity index (χ3v) is 3.22. The molecule has 0 aromatic carbocycles. The summed E-state index contributed by atoms with van der Waals surface area (Å²) in [7, 11) is 0. The molecule has 17 heavy (non-hydrogen) atoms. The largest absolute Gasteiger partial charge is 0.322 e. The van der Waals surface area contributed by atoms with Crippen molar-refractivity contribution in [1.29, 1.82) is 5.26 Å². The van der Waals surface area contributed by atoms with Crippen LogP contribution in [0.4, 0.5) is 5.69 Å². The van der Waals surface area contributed by atoms with E-state index in [0.717, 1.165) is 11.4 Å². The number of aryl methyl sites for hydroxylation is 2. The second kappa shape index (κ2) is 5.00. The van der Waals surface area contributed by atoms with E-state index < -0.39 is 5.41 Å². The van der Waals surface area contributed by atoms with E-state index in [1.807, 2.05) is 27.7 Å². The molecule has 0 aliphatic carbocycles. The number of carbonyl (C=O) groups is 1. The summed E-state index contributed by atoms with van der Waals surface area (Å²) in [5, 5.41) is 18.8. The van der Waals surface area contributed by atoms with Crippen molar-refractivity contribution in [3.63, 3.8) is 0 Å². The van der Waals surface area contributed by atoms with Crippen LogP contribution in [-0.2, 0) is 4.79 Å². The highest BCUT2D eigenvalue weighted by atomic mass is 16.2. The second-order valence-corrected chi connectivity index (χ2v) is 4.16. The van der Waals surface area contributed by atoms with Crippen LogP contribution in [-0.4, -0.2) is 16.1 Å². The topological polar surface area (TPSA) is 81.6 Å². The summed E-state index contributed by atoms with van der Waals surface area (Å²) in [6.45, 7) is 7.34. The Morgan fingerprint density at radius 2 is 2.06 bits per heavy atom. The molecule has 0 fully saturated rings. The van der Waals surface area contributed by atoms with Crippen molar-refractivity contribution in [2.24, 2.45) is 5.41 Å². The molecule has 1 rings (SSSR count). The van der Waals surface area contributed by atoms with Gasteiger partial charge < -0.3 is 5.32 Å². The molecule has 92 valence electrons. The Kier molecular flexibility index (Phi) is 3.89. The molecule has 1 aromatic heterocycles. The van der Waals surface area contributed by atoms with Gasteiger partial charge in [-0.15, -0.1) is 0 Å². The zero-order valence-corrected chi connectivity index (χ0v) is 10.7. The maximum atomic E-state index is 12.2. The van der Waals surface area contributed by atoms with Gasteiger partial charge in [-0.25, -0.2) is 0 Å². The quantitative estimate of drug-likeness (QED) is 0.838. The fourth-order valence-corrected chi connectivity index (χ4v) is 1.75. The van der Waals surface area contributed by atoms with Crippen molar-refractivity contribution in [3.05, 3.63) is 11.4 Å².